The van der Waals surface area contributed by atoms with E-state index in [1.165, 1.54) is 25.1 Å². The Labute approximate surface area is 243 Å². The molecule has 0 aliphatic heterocycles. The van der Waals surface area contributed by atoms with Crippen LogP contribution in [0.25, 0.3) is 33.5 Å². The summed E-state index contributed by atoms with van der Waals surface area (Å²) < 4.78 is 24.5. The van der Waals surface area contributed by atoms with Crippen molar-refractivity contribution in [2.45, 2.75) is 19.4 Å². The Hall–Kier alpha value is -4.70. The van der Waals surface area contributed by atoms with Crippen LogP contribution in [-0.4, -0.2) is 42.2 Å². The van der Waals surface area contributed by atoms with Crippen molar-refractivity contribution in [3.63, 3.8) is 0 Å². The van der Waals surface area contributed by atoms with Gasteiger partial charge in [-0.2, -0.15) is 9.78 Å². The number of furan rings is 1. The highest BCUT2D eigenvalue weighted by Gasteiger charge is 2.21. The maximum absolute atomic E-state index is 13.6. The van der Waals surface area contributed by atoms with Crippen molar-refractivity contribution < 1.29 is 23.4 Å². The Bertz CT molecular complexity index is 1870. The zero-order valence-electron chi connectivity index (χ0n) is 22.6. The highest BCUT2D eigenvalue weighted by Crippen LogP contribution is 2.34. The number of esters is 1. The van der Waals surface area contributed by atoms with Gasteiger partial charge in [0.05, 0.1) is 31.3 Å². The molecule has 0 saturated carbocycles. The Morgan fingerprint density at radius 3 is 2.73 bits per heavy atom. The lowest BCUT2D eigenvalue weighted by Crippen LogP contribution is -2.25. The molecule has 0 saturated heterocycles. The maximum atomic E-state index is 13.6. The van der Waals surface area contributed by atoms with Gasteiger partial charge in [0.1, 0.15) is 5.58 Å². The average Bonchev–Trinajstić information content (AvgIpc) is 3.40. The van der Waals surface area contributed by atoms with Gasteiger partial charge in [0.25, 0.3) is 5.56 Å². The number of methoxy groups -OCH3 is 2. The lowest BCUT2D eigenvalue weighted by molar-refractivity contribution is -0.147. The Kier molecular flexibility index (Phi) is 8.02. The highest BCUT2D eigenvalue weighted by atomic mass is 79.9. The molecule has 10 heteroatoms. The van der Waals surface area contributed by atoms with Gasteiger partial charge >= 0.3 is 5.97 Å². The third-order valence-electron chi connectivity index (χ3n) is 6.34. The number of nitrogens with zero attached hydrogens (tertiary/aromatic N) is 3. The molecule has 0 amide bonds. The fourth-order valence-electron chi connectivity index (χ4n) is 4.38. The summed E-state index contributed by atoms with van der Waals surface area (Å²) >= 11 is 3.48. The van der Waals surface area contributed by atoms with Crippen LogP contribution in [0.4, 0.5) is 0 Å². The summed E-state index contributed by atoms with van der Waals surface area (Å²) in [7, 11) is 2.80. The number of hydrogen-bond acceptors (Lipinski definition) is 8. The van der Waals surface area contributed by atoms with E-state index in [4.69, 9.17) is 23.6 Å². The number of allylic oxidation sites excluding steroid dienone is 1. The monoisotopic (exact) mass is 615 g/mol. The standard InChI is InChI=1S/C31H26BrN3O6/c1-5-8-20-13-19(14-26(38-3)28(20)40-18(2)31(37)39-4)17-33-35-29(34-24-10-7-6-9-23(24)30(35)36)27-16-21-15-22(32)11-12-25(21)41-27/h5-7,9-18H,1,8H2,2-4H3/t18-/m1/s1. The third-order valence-corrected chi connectivity index (χ3v) is 6.83. The number of ether oxygens (including phenoxy) is 3. The summed E-state index contributed by atoms with van der Waals surface area (Å²) in [5.74, 6) is 0.900. The number of hydrogen-bond donors (Lipinski definition) is 0. The molecule has 0 bridgehead atoms. The molecule has 5 aromatic rings. The molecule has 0 aliphatic rings. The fourth-order valence-corrected chi connectivity index (χ4v) is 4.76. The normalized spacial score (nSPS) is 12.1. The van der Waals surface area contributed by atoms with Gasteiger partial charge in [-0.15, -0.1) is 6.58 Å². The fraction of sp³-hybridized carbons (Fsp3) is 0.161. The van der Waals surface area contributed by atoms with Crippen molar-refractivity contribution >= 4 is 50.0 Å². The van der Waals surface area contributed by atoms with Crippen molar-refractivity contribution in [1.29, 1.82) is 0 Å². The molecule has 208 valence electrons. The van der Waals surface area contributed by atoms with Gasteiger partial charge in [0.15, 0.2) is 23.4 Å². The second-order valence-corrected chi connectivity index (χ2v) is 10.0. The van der Waals surface area contributed by atoms with Crippen LogP contribution in [-0.2, 0) is 16.0 Å². The number of carbonyl (C=O) groups excluding carboxylic acids is 1. The SMILES string of the molecule is C=CCc1cc(C=Nn2c(-c3cc4cc(Br)ccc4o3)nc3ccccc3c2=O)cc(OC)c1O[C@H](C)C(=O)OC. The van der Waals surface area contributed by atoms with Gasteiger partial charge in [0, 0.05) is 15.4 Å². The summed E-state index contributed by atoms with van der Waals surface area (Å²) in [4.78, 5) is 30.3. The second kappa shape index (κ2) is 11.8. The Morgan fingerprint density at radius 2 is 1.98 bits per heavy atom. The number of para-hydroxylation sites is 1. The quantitative estimate of drug-likeness (QED) is 0.111. The topological polar surface area (TPSA) is 105 Å². The van der Waals surface area contributed by atoms with Crippen LogP contribution in [0.5, 0.6) is 11.5 Å². The second-order valence-electron chi connectivity index (χ2n) is 9.09. The maximum Gasteiger partial charge on any atom is 0.346 e. The number of rotatable bonds is 9. The van der Waals surface area contributed by atoms with Gasteiger partial charge in [-0.05, 0) is 67.4 Å². The Balaban J connectivity index is 1.64. The van der Waals surface area contributed by atoms with E-state index in [0.29, 0.717) is 51.3 Å². The predicted molar refractivity (Wildman–Crippen MR) is 161 cm³/mol. The first-order chi connectivity index (χ1) is 19.8. The molecule has 0 unspecified atom stereocenters. The molecule has 2 aromatic heterocycles. The first kappa shape index (κ1) is 27.9. The first-order valence-electron chi connectivity index (χ1n) is 12.6. The van der Waals surface area contributed by atoms with Gasteiger partial charge in [-0.1, -0.05) is 34.1 Å². The summed E-state index contributed by atoms with van der Waals surface area (Å²) in [6, 6.07) is 18.1. The van der Waals surface area contributed by atoms with E-state index >= 15 is 0 Å². The number of carbonyl (C=O) groups is 1. The van der Waals surface area contributed by atoms with E-state index in [1.807, 2.05) is 36.4 Å². The smallest absolute Gasteiger partial charge is 0.346 e. The van der Waals surface area contributed by atoms with E-state index in [2.05, 4.69) is 27.6 Å². The number of aromatic nitrogens is 2. The minimum absolute atomic E-state index is 0.252. The van der Waals surface area contributed by atoms with Crippen LogP contribution in [0.3, 0.4) is 0 Å². The molecule has 0 N–H and O–H groups in total. The predicted octanol–water partition coefficient (Wildman–Crippen LogP) is 6.13. The number of benzene rings is 3. The van der Waals surface area contributed by atoms with E-state index in [9.17, 15) is 9.59 Å². The molecular weight excluding hydrogens is 590 g/mol. The average molecular weight is 616 g/mol. The van der Waals surface area contributed by atoms with Crippen LogP contribution in [0.15, 0.2) is 92.1 Å². The largest absolute Gasteiger partial charge is 0.493 e. The molecular formula is C31H26BrN3O6. The number of halogens is 1. The van der Waals surface area contributed by atoms with E-state index in [0.717, 1.165) is 9.86 Å². The zero-order valence-corrected chi connectivity index (χ0v) is 24.2. The van der Waals surface area contributed by atoms with Gasteiger partial charge in [-0.25, -0.2) is 9.78 Å². The lowest BCUT2D eigenvalue weighted by atomic mass is 10.1. The van der Waals surface area contributed by atoms with Crippen molar-refractivity contribution in [3.8, 4) is 23.1 Å². The van der Waals surface area contributed by atoms with E-state index in [-0.39, 0.29) is 11.4 Å². The minimum atomic E-state index is -0.855. The van der Waals surface area contributed by atoms with Crippen molar-refractivity contribution in [1.82, 2.24) is 9.66 Å². The summed E-state index contributed by atoms with van der Waals surface area (Å²) in [5.41, 5.74) is 2.15. The minimum Gasteiger partial charge on any atom is -0.493 e. The molecule has 1 atom stereocenters. The number of fused-ring (bicyclic) bond motifs is 2. The van der Waals surface area contributed by atoms with E-state index in [1.54, 1.807) is 37.3 Å². The molecule has 41 heavy (non-hydrogen) atoms. The van der Waals surface area contributed by atoms with Gasteiger partial charge in [0.2, 0.25) is 5.82 Å². The molecule has 0 fully saturated rings. The Morgan fingerprint density at radius 1 is 1.17 bits per heavy atom. The molecule has 0 radical (unpaired) electrons. The first-order valence-corrected chi connectivity index (χ1v) is 13.4. The van der Waals surface area contributed by atoms with Crippen molar-refractivity contribution in [3.05, 3.63) is 99.3 Å². The lowest BCUT2D eigenvalue weighted by Gasteiger charge is -2.18. The van der Waals surface area contributed by atoms with Crippen LogP contribution in [0, 0.1) is 0 Å². The molecule has 3 aromatic carbocycles. The van der Waals surface area contributed by atoms with Crippen molar-refractivity contribution in [2.24, 2.45) is 5.10 Å². The summed E-state index contributed by atoms with van der Waals surface area (Å²) in [6.45, 7) is 5.42. The van der Waals surface area contributed by atoms with Crippen LogP contribution in [0.2, 0.25) is 0 Å². The third kappa shape index (κ3) is 5.64. The summed E-state index contributed by atoms with van der Waals surface area (Å²) in [6.07, 6.45) is 2.81. The van der Waals surface area contributed by atoms with Crippen LogP contribution in [0.1, 0.15) is 18.1 Å². The zero-order chi connectivity index (χ0) is 29.1. The molecule has 5 rings (SSSR count). The van der Waals surface area contributed by atoms with Gasteiger partial charge < -0.3 is 18.6 Å². The molecule has 0 aliphatic carbocycles. The van der Waals surface area contributed by atoms with Crippen LogP contribution >= 0.6 is 15.9 Å². The molecule has 9 nitrogen and oxygen atoms in total. The molecule has 0 spiro atoms. The highest BCUT2D eigenvalue weighted by molar-refractivity contribution is 9.10. The van der Waals surface area contributed by atoms with Crippen molar-refractivity contribution in [2.75, 3.05) is 14.2 Å². The van der Waals surface area contributed by atoms with Gasteiger partial charge in [-0.3, -0.25) is 4.79 Å². The molecule has 2 heterocycles. The van der Waals surface area contributed by atoms with E-state index < -0.39 is 12.1 Å². The van der Waals surface area contributed by atoms with Crippen LogP contribution < -0.4 is 15.0 Å². The summed E-state index contributed by atoms with van der Waals surface area (Å²) in [5, 5.41) is 5.81.